The largest absolute Gasteiger partial charge is 0.356 e. The first kappa shape index (κ1) is 17.4. The maximum atomic E-state index is 4.98. The van der Waals surface area contributed by atoms with Crippen LogP contribution in [0.1, 0.15) is 37.1 Å². The van der Waals surface area contributed by atoms with Gasteiger partial charge in [0, 0.05) is 48.2 Å². The van der Waals surface area contributed by atoms with Crippen molar-refractivity contribution in [1.82, 2.24) is 14.5 Å². The van der Waals surface area contributed by atoms with Crippen LogP contribution in [0.25, 0.3) is 10.9 Å². The van der Waals surface area contributed by atoms with Gasteiger partial charge in [0.1, 0.15) is 11.6 Å². The number of piperidine rings is 1. The number of aryl methyl sites for hydroxylation is 2. The lowest BCUT2D eigenvalue weighted by Gasteiger charge is -2.33. The van der Waals surface area contributed by atoms with E-state index in [0.717, 1.165) is 31.0 Å². The van der Waals surface area contributed by atoms with Crippen molar-refractivity contribution in [3.63, 3.8) is 0 Å². The van der Waals surface area contributed by atoms with Gasteiger partial charge < -0.3 is 9.47 Å². The Morgan fingerprint density at radius 3 is 2.96 bits per heavy atom. The highest BCUT2D eigenvalue weighted by atomic mass is 32.2. The second-order valence-corrected chi connectivity index (χ2v) is 7.92. The summed E-state index contributed by atoms with van der Waals surface area (Å²) in [5.41, 5.74) is 2.40. The summed E-state index contributed by atoms with van der Waals surface area (Å²) in [7, 11) is 0. The molecule has 26 heavy (non-hydrogen) atoms. The van der Waals surface area contributed by atoms with Crippen molar-refractivity contribution in [2.24, 2.45) is 0 Å². The molecule has 3 heterocycles. The minimum atomic E-state index is 0.482. The van der Waals surface area contributed by atoms with Crippen molar-refractivity contribution in [3.05, 3.63) is 48.0 Å². The van der Waals surface area contributed by atoms with E-state index < -0.39 is 0 Å². The normalized spacial score (nSPS) is 17.8. The number of hydrogen-bond acceptors (Lipinski definition) is 4. The van der Waals surface area contributed by atoms with Crippen LogP contribution in [-0.4, -0.2) is 33.9 Å². The summed E-state index contributed by atoms with van der Waals surface area (Å²) < 4.78 is 2.27. The zero-order chi connectivity index (χ0) is 18.1. The second kappa shape index (κ2) is 7.31. The monoisotopic (exact) mass is 366 g/mol. The lowest BCUT2D eigenvalue weighted by molar-refractivity contribution is 0.472. The van der Waals surface area contributed by atoms with Crippen LogP contribution in [0.15, 0.2) is 41.6 Å². The van der Waals surface area contributed by atoms with E-state index >= 15 is 0 Å². The van der Waals surface area contributed by atoms with Crippen LogP contribution in [0.3, 0.4) is 0 Å². The zero-order valence-electron chi connectivity index (χ0n) is 15.8. The number of benzene rings is 1. The Kier molecular flexibility index (Phi) is 4.90. The van der Waals surface area contributed by atoms with Crippen LogP contribution >= 0.6 is 11.8 Å². The van der Waals surface area contributed by atoms with Gasteiger partial charge in [0.15, 0.2) is 0 Å². The van der Waals surface area contributed by atoms with Gasteiger partial charge in [0.25, 0.3) is 0 Å². The van der Waals surface area contributed by atoms with Gasteiger partial charge in [-0.2, -0.15) is 0 Å². The van der Waals surface area contributed by atoms with E-state index in [9.17, 15) is 0 Å². The highest BCUT2D eigenvalue weighted by molar-refractivity contribution is 7.98. The molecule has 4 nitrogen and oxygen atoms in total. The van der Waals surface area contributed by atoms with Gasteiger partial charge in [0.2, 0.25) is 0 Å². The van der Waals surface area contributed by atoms with E-state index in [0.29, 0.717) is 5.92 Å². The van der Waals surface area contributed by atoms with Crippen molar-refractivity contribution in [2.75, 3.05) is 24.2 Å². The average Bonchev–Trinajstić information content (AvgIpc) is 3.16. The molecule has 0 amide bonds. The molecule has 0 aliphatic carbocycles. The van der Waals surface area contributed by atoms with Crippen LogP contribution in [-0.2, 0) is 6.54 Å². The topological polar surface area (TPSA) is 34.0 Å². The molecule has 0 bridgehead atoms. The first-order valence-corrected chi connectivity index (χ1v) is 10.6. The minimum absolute atomic E-state index is 0.482. The molecule has 136 valence electrons. The molecular formula is C21H26N4S. The fraction of sp³-hybridized carbons (Fsp3) is 0.429. The molecule has 3 aromatic rings. The third-order valence-electron chi connectivity index (χ3n) is 5.41. The molecule has 1 atom stereocenters. The third-order valence-corrected chi connectivity index (χ3v) is 6.13. The number of anilines is 1. The predicted octanol–water partition coefficient (Wildman–Crippen LogP) is 4.87. The zero-order valence-corrected chi connectivity index (χ0v) is 16.6. The molecular weight excluding hydrogens is 340 g/mol. The van der Waals surface area contributed by atoms with Gasteiger partial charge in [-0.3, -0.25) is 0 Å². The molecule has 0 unspecified atom stereocenters. The highest BCUT2D eigenvalue weighted by Crippen LogP contribution is 2.31. The van der Waals surface area contributed by atoms with Gasteiger partial charge in [0.05, 0.1) is 5.52 Å². The molecule has 1 aliphatic rings. The number of imidazole rings is 1. The van der Waals surface area contributed by atoms with E-state index in [1.54, 1.807) is 11.8 Å². The van der Waals surface area contributed by atoms with Crippen molar-refractivity contribution in [2.45, 2.75) is 44.0 Å². The van der Waals surface area contributed by atoms with Crippen LogP contribution in [0.5, 0.6) is 0 Å². The fourth-order valence-electron chi connectivity index (χ4n) is 3.99. The van der Waals surface area contributed by atoms with E-state index in [-0.39, 0.29) is 0 Å². The summed E-state index contributed by atoms with van der Waals surface area (Å²) in [6, 6.07) is 8.83. The summed E-state index contributed by atoms with van der Waals surface area (Å²) in [6.07, 6.45) is 8.53. The number of fused-ring (bicyclic) bond motifs is 1. The molecule has 0 N–H and O–H groups in total. The average molecular weight is 367 g/mol. The molecule has 0 radical (unpaired) electrons. The minimum Gasteiger partial charge on any atom is -0.356 e. The molecule has 1 aromatic carbocycles. The van der Waals surface area contributed by atoms with Crippen molar-refractivity contribution in [3.8, 4) is 0 Å². The quantitative estimate of drug-likeness (QED) is 0.617. The fourth-order valence-corrected chi connectivity index (χ4v) is 4.43. The Morgan fingerprint density at radius 1 is 1.27 bits per heavy atom. The van der Waals surface area contributed by atoms with Gasteiger partial charge in [-0.1, -0.05) is 0 Å². The number of hydrogen-bond donors (Lipinski definition) is 0. The highest BCUT2D eigenvalue weighted by Gasteiger charge is 2.25. The van der Waals surface area contributed by atoms with Crippen LogP contribution in [0.2, 0.25) is 0 Å². The molecule has 0 saturated carbocycles. The second-order valence-electron chi connectivity index (χ2n) is 7.04. The van der Waals surface area contributed by atoms with Gasteiger partial charge >= 0.3 is 0 Å². The van der Waals surface area contributed by atoms with Gasteiger partial charge in [-0.15, -0.1) is 11.8 Å². The number of aromatic nitrogens is 3. The van der Waals surface area contributed by atoms with E-state index in [1.165, 1.54) is 34.5 Å². The Labute approximate surface area is 159 Å². The molecule has 1 fully saturated rings. The summed E-state index contributed by atoms with van der Waals surface area (Å²) >= 11 is 1.78. The maximum Gasteiger partial charge on any atom is 0.129 e. The number of nitrogens with zero attached hydrogens (tertiary/aromatic N) is 4. The Hall–Kier alpha value is -2.01. The number of rotatable bonds is 4. The smallest absolute Gasteiger partial charge is 0.129 e. The van der Waals surface area contributed by atoms with Crippen molar-refractivity contribution in [1.29, 1.82) is 0 Å². The van der Waals surface area contributed by atoms with Gasteiger partial charge in [-0.25, -0.2) is 9.97 Å². The molecule has 5 heteroatoms. The first-order valence-electron chi connectivity index (χ1n) is 9.41. The summed E-state index contributed by atoms with van der Waals surface area (Å²) in [6.45, 7) is 7.44. The van der Waals surface area contributed by atoms with Crippen LogP contribution in [0, 0.1) is 6.92 Å². The molecule has 2 aromatic heterocycles. The summed E-state index contributed by atoms with van der Waals surface area (Å²) in [5, 5.41) is 1.26. The Morgan fingerprint density at radius 2 is 2.15 bits per heavy atom. The molecule has 1 saturated heterocycles. The molecule has 0 spiro atoms. The Balaban J connectivity index is 1.64. The van der Waals surface area contributed by atoms with Crippen molar-refractivity contribution >= 4 is 28.5 Å². The van der Waals surface area contributed by atoms with Crippen LogP contribution in [0.4, 0.5) is 5.82 Å². The van der Waals surface area contributed by atoms with E-state index in [4.69, 9.17) is 4.98 Å². The Bertz CT molecular complexity index is 918. The summed E-state index contributed by atoms with van der Waals surface area (Å²) in [5.74, 6) is 2.81. The predicted molar refractivity (Wildman–Crippen MR) is 110 cm³/mol. The van der Waals surface area contributed by atoms with Gasteiger partial charge in [-0.05, 0) is 62.8 Å². The lowest BCUT2D eigenvalue weighted by Crippen LogP contribution is -2.36. The van der Waals surface area contributed by atoms with E-state index in [1.807, 2.05) is 6.20 Å². The van der Waals surface area contributed by atoms with E-state index in [2.05, 4.69) is 65.0 Å². The first-order chi connectivity index (χ1) is 12.7. The molecule has 4 rings (SSSR count). The maximum absolute atomic E-state index is 4.98. The van der Waals surface area contributed by atoms with Crippen LogP contribution < -0.4 is 4.90 Å². The number of thioether (sulfide) groups is 1. The third kappa shape index (κ3) is 3.20. The number of pyridine rings is 1. The molecule has 1 aliphatic heterocycles. The van der Waals surface area contributed by atoms with Crippen molar-refractivity contribution < 1.29 is 0 Å². The SMILES string of the molecule is CCn1ccnc1[C@@H]1CCCN(c2cc(C)c3cc(SC)ccc3n2)C1. The standard InChI is InChI=1S/C21H26N4S/c1-4-24-11-9-22-21(24)16-6-5-10-25(14-16)20-12-15(2)18-13-17(26-3)7-8-19(18)23-20/h7-9,11-13,16H,4-6,10,14H2,1-3H3/t16-/m1/s1. The summed E-state index contributed by atoms with van der Waals surface area (Å²) in [4.78, 5) is 13.4. The lowest BCUT2D eigenvalue weighted by atomic mass is 9.97.